The van der Waals surface area contributed by atoms with Crippen molar-refractivity contribution >= 4 is 29.1 Å². The van der Waals surface area contributed by atoms with E-state index in [1.54, 1.807) is 12.1 Å². The smallest absolute Gasteiger partial charge is 0.253 e. The predicted octanol–water partition coefficient (Wildman–Crippen LogP) is 1.85. The Labute approximate surface area is 121 Å². The third-order valence-corrected chi connectivity index (χ3v) is 3.95. The summed E-state index contributed by atoms with van der Waals surface area (Å²) >= 11 is 11.7. The third kappa shape index (κ3) is 3.39. The fourth-order valence-electron chi connectivity index (χ4n) is 2.35. The van der Waals surface area contributed by atoms with Crippen LogP contribution in [-0.2, 0) is 0 Å². The summed E-state index contributed by atoms with van der Waals surface area (Å²) in [6.45, 7) is -0.0742. The number of carbonyl (C=O) groups is 1. The van der Waals surface area contributed by atoms with Crippen molar-refractivity contribution in [2.75, 3.05) is 6.61 Å². The number of amides is 1. The second-order valence-electron chi connectivity index (χ2n) is 4.78. The van der Waals surface area contributed by atoms with Crippen molar-refractivity contribution < 1.29 is 15.0 Å². The highest BCUT2D eigenvalue weighted by Crippen LogP contribution is 2.27. The van der Waals surface area contributed by atoms with Crippen molar-refractivity contribution in [2.24, 2.45) is 5.92 Å². The van der Waals surface area contributed by atoms with E-state index in [2.05, 4.69) is 5.32 Å². The number of aliphatic hydroxyl groups is 2. The van der Waals surface area contributed by atoms with Crippen molar-refractivity contribution in [3.8, 4) is 0 Å². The molecule has 0 aromatic heterocycles. The second kappa shape index (κ2) is 6.09. The maximum absolute atomic E-state index is 12.1. The van der Waals surface area contributed by atoms with Crippen LogP contribution >= 0.6 is 23.2 Å². The number of rotatable bonds is 3. The average molecular weight is 304 g/mol. The van der Waals surface area contributed by atoms with Gasteiger partial charge in [0.1, 0.15) is 0 Å². The standard InChI is InChI=1S/C13H15Cl2NO3/c14-8-1-2-10(11(15)4-8)13(19)16-9-3-7(6-17)12(18)5-9/h1-2,4,7,9,12,17-18H,3,5-6H2,(H,16,19)/t7-,9+,12-/m1/s1. The van der Waals surface area contributed by atoms with Crippen LogP contribution in [-0.4, -0.2) is 34.9 Å². The molecule has 1 aliphatic carbocycles. The Balaban J connectivity index is 2.02. The van der Waals surface area contributed by atoms with Crippen LogP contribution in [0.5, 0.6) is 0 Å². The van der Waals surface area contributed by atoms with E-state index in [0.29, 0.717) is 28.5 Å². The number of hydrogen-bond acceptors (Lipinski definition) is 3. The normalized spacial score (nSPS) is 26.4. The van der Waals surface area contributed by atoms with Gasteiger partial charge in [0.2, 0.25) is 0 Å². The van der Waals surface area contributed by atoms with Gasteiger partial charge in [-0.25, -0.2) is 0 Å². The summed E-state index contributed by atoms with van der Waals surface area (Å²) in [4.78, 5) is 12.1. The molecule has 1 aliphatic rings. The van der Waals surface area contributed by atoms with E-state index in [1.165, 1.54) is 6.07 Å². The van der Waals surface area contributed by atoms with Crippen LogP contribution in [0.25, 0.3) is 0 Å². The van der Waals surface area contributed by atoms with Gasteiger partial charge in [-0.1, -0.05) is 23.2 Å². The molecule has 0 aliphatic heterocycles. The van der Waals surface area contributed by atoms with Crippen LogP contribution < -0.4 is 5.32 Å². The molecule has 1 aromatic rings. The molecule has 3 atom stereocenters. The van der Waals surface area contributed by atoms with Crippen molar-refractivity contribution in [1.82, 2.24) is 5.32 Å². The Morgan fingerprint density at radius 3 is 2.68 bits per heavy atom. The molecule has 2 rings (SSSR count). The molecular weight excluding hydrogens is 289 g/mol. The fraction of sp³-hybridized carbons (Fsp3) is 0.462. The molecule has 3 N–H and O–H groups in total. The number of aliphatic hydroxyl groups excluding tert-OH is 2. The summed E-state index contributed by atoms with van der Waals surface area (Å²) < 4.78 is 0. The van der Waals surface area contributed by atoms with Gasteiger partial charge in [0.15, 0.2) is 0 Å². The molecule has 4 nitrogen and oxygen atoms in total. The molecular formula is C13H15Cl2NO3. The van der Waals surface area contributed by atoms with E-state index in [4.69, 9.17) is 28.3 Å². The van der Waals surface area contributed by atoms with Gasteiger partial charge >= 0.3 is 0 Å². The lowest BCUT2D eigenvalue weighted by atomic mass is 10.1. The Hall–Kier alpha value is -0.810. The number of hydrogen-bond donors (Lipinski definition) is 3. The van der Waals surface area contributed by atoms with E-state index < -0.39 is 6.10 Å². The lowest BCUT2D eigenvalue weighted by Crippen LogP contribution is -2.33. The van der Waals surface area contributed by atoms with Crippen molar-refractivity contribution in [3.63, 3.8) is 0 Å². The fourth-order valence-corrected chi connectivity index (χ4v) is 2.85. The zero-order chi connectivity index (χ0) is 14.0. The first-order chi connectivity index (χ1) is 9.01. The molecule has 104 valence electrons. The van der Waals surface area contributed by atoms with Crippen molar-refractivity contribution in [3.05, 3.63) is 33.8 Å². The first-order valence-electron chi connectivity index (χ1n) is 6.06. The van der Waals surface area contributed by atoms with E-state index >= 15 is 0 Å². The van der Waals surface area contributed by atoms with Gasteiger partial charge in [-0.05, 0) is 31.0 Å². The van der Waals surface area contributed by atoms with Gasteiger partial charge in [0, 0.05) is 23.6 Å². The summed E-state index contributed by atoms with van der Waals surface area (Å²) in [6.07, 6.45) is 0.438. The van der Waals surface area contributed by atoms with Gasteiger partial charge in [-0.15, -0.1) is 0 Å². The molecule has 1 fully saturated rings. The molecule has 6 heteroatoms. The molecule has 1 amide bonds. The maximum atomic E-state index is 12.1. The molecule has 1 aromatic carbocycles. The highest BCUT2D eigenvalue weighted by molar-refractivity contribution is 6.36. The molecule has 0 unspecified atom stereocenters. The number of benzene rings is 1. The molecule has 1 saturated carbocycles. The predicted molar refractivity (Wildman–Crippen MR) is 73.5 cm³/mol. The van der Waals surface area contributed by atoms with Crippen molar-refractivity contribution in [2.45, 2.75) is 25.0 Å². The topological polar surface area (TPSA) is 69.6 Å². The first-order valence-corrected chi connectivity index (χ1v) is 6.81. The Morgan fingerprint density at radius 1 is 1.37 bits per heavy atom. The van der Waals surface area contributed by atoms with Crippen LogP contribution in [0.3, 0.4) is 0 Å². The van der Waals surface area contributed by atoms with Crippen LogP contribution in [0.1, 0.15) is 23.2 Å². The van der Waals surface area contributed by atoms with E-state index in [0.717, 1.165) is 0 Å². The molecule has 0 radical (unpaired) electrons. The zero-order valence-electron chi connectivity index (χ0n) is 10.1. The first kappa shape index (κ1) is 14.6. The highest BCUT2D eigenvalue weighted by atomic mass is 35.5. The summed E-state index contributed by atoms with van der Waals surface area (Å²) in [5.74, 6) is -0.469. The van der Waals surface area contributed by atoms with Crippen LogP contribution in [0.15, 0.2) is 18.2 Å². The van der Waals surface area contributed by atoms with E-state index in [-0.39, 0.29) is 24.5 Å². The van der Waals surface area contributed by atoms with Gasteiger partial charge in [-0.2, -0.15) is 0 Å². The van der Waals surface area contributed by atoms with Crippen LogP contribution in [0, 0.1) is 5.92 Å². The molecule has 0 saturated heterocycles. The van der Waals surface area contributed by atoms with Crippen LogP contribution in [0.2, 0.25) is 10.0 Å². The van der Waals surface area contributed by atoms with Crippen molar-refractivity contribution in [1.29, 1.82) is 0 Å². The summed E-state index contributed by atoms with van der Waals surface area (Å²) in [5.41, 5.74) is 0.355. The van der Waals surface area contributed by atoms with Gasteiger partial charge < -0.3 is 15.5 Å². The molecule has 0 heterocycles. The van der Waals surface area contributed by atoms with Gasteiger partial charge in [-0.3, -0.25) is 4.79 Å². The summed E-state index contributed by atoms with van der Waals surface area (Å²) in [6, 6.07) is 4.53. The Kier molecular flexibility index (Phi) is 4.68. The molecule has 0 bridgehead atoms. The molecule has 19 heavy (non-hydrogen) atoms. The average Bonchev–Trinajstić information content (AvgIpc) is 2.69. The van der Waals surface area contributed by atoms with E-state index in [1.807, 2.05) is 0 Å². The quantitative estimate of drug-likeness (QED) is 0.798. The summed E-state index contributed by atoms with van der Waals surface area (Å²) in [5, 5.41) is 22.3. The minimum Gasteiger partial charge on any atom is -0.396 e. The zero-order valence-corrected chi connectivity index (χ0v) is 11.7. The third-order valence-electron chi connectivity index (χ3n) is 3.40. The lowest BCUT2D eigenvalue weighted by Gasteiger charge is -2.13. The Morgan fingerprint density at radius 2 is 2.11 bits per heavy atom. The highest BCUT2D eigenvalue weighted by Gasteiger charge is 2.33. The van der Waals surface area contributed by atoms with Crippen LogP contribution in [0.4, 0.5) is 0 Å². The number of nitrogens with one attached hydrogen (secondary N) is 1. The minimum absolute atomic E-state index is 0.0742. The summed E-state index contributed by atoms with van der Waals surface area (Å²) in [7, 11) is 0. The minimum atomic E-state index is -0.573. The monoisotopic (exact) mass is 303 g/mol. The SMILES string of the molecule is O=C(N[C@H]1C[C@H](CO)[C@H](O)C1)c1ccc(Cl)cc1Cl. The van der Waals surface area contributed by atoms with Gasteiger partial charge in [0.05, 0.1) is 16.7 Å². The lowest BCUT2D eigenvalue weighted by molar-refractivity contribution is 0.0903. The second-order valence-corrected chi connectivity index (χ2v) is 5.62. The number of halogens is 2. The largest absolute Gasteiger partial charge is 0.396 e. The van der Waals surface area contributed by atoms with Gasteiger partial charge in [0.25, 0.3) is 5.91 Å². The maximum Gasteiger partial charge on any atom is 0.253 e. The Bertz CT molecular complexity index is 481. The number of carbonyl (C=O) groups excluding carboxylic acids is 1. The molecule has 0 spiro atoms. The van der Waals surface area contributed by atoms with E-state index in [9.17, 15) is 9.90 Å².